The average Bonchev–Trinajstić information content (AvgIpc) is 2.85. The molecule has 2 aromatic rings. The van der Waals surface area contributed by atoms with Crippen LogP contribution < -0.4 is 9.46 Å². The summed E-state index contributed by atoms with van der Waals surface area (Å²) < 4.78 is 33.5. The molecular weight excluding hydrogens is 292 g/mol. The van der Waals surface area contributed by atoms with E-state index in [4.69, 9.17) is 4.74 Å². The van der Waals surface area contributed by atoms with Gasteiger partial charge in [0.15, 0.2) is 0 Å². The number of aromatic nitrogens is 3. The van der Waals surface area contributed by atoms with E-state index in [1.54, 1.807) is 26.1 Å². The molecule has 0 amide bonds. The number of rotatable bonds is 7. The van der Waals surface area contributed by atoms with Gasteiger partial charge in [0, 0.05) is 7.05 Å². The largest absolute Gasteiger partial charge is 0.492 e. The van der Waals surface area contributed by atoms with Crippen LogP contribution in [0.5, 0.6) is 5.75 Å². The van der Waals surface area contributed by atoms with Gasteiger partial charge in [0.1, 0.15) is 24.5 Å². The van der Waals surface area contributed by atoms with Crippen molar-refractivity contribution in [3.8, 4) is 5.75 Å². The lowest BCUT2D eigenvalue weighted by Gasteiger charge is -2.13. The molecule has 0 aliphatic rings. The fourth-order valence-electron chi connectivity index (χ4n) is 1.86. The minimum atomic E-state index is -3.45. The lowest BCUT2D eigenvalue weighted by Crippen LogP contribution is -2.32. The van der Waals surface area contributed by atoms with Gasteiger partial charge in [0.2, 0.25) is 10.0 Å². The van der Waals surface area contributed by atoms with Gasteiger partial charge in [-0.2, -0.15) is 5.10 Å². The van der Waals surface area contributed by atoms with Gasteiger partial charge in [-0.05, 0) is 19.1 Å². The van der Waals surface area contributed by atoms with Crippen molar-refractivity contribution in [3.05, 3.63) is 42.5 Å². The summed E-state index contributed by atoms with van der Waals surface area (Å²) in [6.07, 6.45) is 1.39. The number of nitrogens with one attached hydrogen (secondary N) is 1. The number of aryl methyl sites for hydroxylation is 1. The van der Waals surface area contributed by atoms with Crippen LogP contribution >= 0.6 is 0 Å². The summed E-state index contributed by atoms with van der Waals surface area (Å²) >= 11 is 0. The van der Waals surface area contributed by atoms with Crippen LogP contribution in [0.25, 0.3) is 0 Å². The second-order valence-corrected chi connectivity index (χ2v) is 6.44. The summed E-state index contributed by atoms with van der Waals surface area (Å²) in [6, 6.07) is 8.65. The fraction of sp³-hybridized carbons (Fsp3) is 0.385. The first-order valence-corrected chi connectivity index (χ1v) is 8.15. The molecule has 1 aromatic carbocycles. The van der Waals surface area contributed by atoms with E-state index in [2.05, 4.69) is 14.8 Å². The molecule has 1 aromatic heterocycles. The topological polar surface area (TPSA) is 86.1 Å². The molecule has 21 heavy (non-hydrogen) atoms. The second-order valence-electron chi connectivity index (χ2n) is 4.56. The average molecular weight is 310 g/mol. The van der Waals surface area contributed by atoms with E-state index in [-0.39, 0.29) is 12.4 Å². The highest BCUT2D eigenvalue weighted by atomic mass is 32.2. The van der Waals surface area contributed by atoms with E-state index in [9.17, 15) is 8.42 Å². The van der Waals surface area contributed by atoms with Crippen molar-refractivity contribution in [3.63, 3.8) is 0 Å². The molecule has 0 saturated carbocycles. The number of sulfonamides is 1. The summed E-state index contributed by atoms with van der Waals surface area (Å²) in [4.78, 5) is 4.02. The Hall–Kier alpha value is -1.93. The Morgan fingerprint density at radius 2 is 2.05 bits per heavy atom. The minimum absolute atomic E-state index is 0.0882. The van der Waals surface area contributed by atoms with E-state index in [1.165, 1.54) is 11.0 Å². The number of nitrogens with zero attached hydrogens (tertiary/aromatic N) is 3. The minimum Gasteiger partial charge on any atom is -0.492 e. The third kappa shape index (κ3) is 4.54. The summed E-state index contributed by atoms with van der Waals surface area (Å²) in [6.45, 7) is 1.81. The van der Waals surface area contributed by atoms with Gasteiger partial charge in [0.05, 0.1) is 11.8 Å². The molecule has 1 N–H and O–H groups in total. The van der Waals surface area contributed by atoms with Crippen LogP contribution in [0.3, 0.4) is 0 Å². The first kappa shape index (κ1) is 15.5. The number of hydrogen-bond acceptors (Lipinski definition) is 5. The third-order valence-corrected chi connectivity index (χ3v) is 4.27. The molecule has 1 atom stereocenters. The van der Waals surface area contributed by atoms with Crippen molar-refractivity contribution in [1.29, 1.82) is 0 Å². The normalized spacial score (nSPS) is 13.0. The number of ether oxygens (including phenoxy) is 1. The molecule has 0 fully saturated rings. The quantitative estimate of drug-likeness (QED) is 0.820. The molecule has 8 heteroatoms. The van der Waals surface area contributed by atoms with Crippen LogP contribution in [0, 0.1) is 0 Å². The van der Waals surface area contributed by atoms with E-state index < -0.39 is 16.1 Å². The van der Waals surface area contributed by atoms with Gasteiger partial charge in [0.25, 0.3) is 0 Å². The Balaban J connectivity index is 1.86. The molecule has 0 bridgehead atoms. The van der Waals surface area contributed by atoms with E-state index in [0.717, 1.165) is 0 Å². The van der Waals surface area contributed by atoms with Crippen LogP contribution in [0.1, 0.15) is 18.8 Å². The molecule has 1 heterocycles. The van der Waals surface area contributed by atoms with Crippen molar-refractivity contribution >= 4 is 10.0 Å². The summed E-state index contributed by atoms with van der Waals surface area (Å²) in [5.41, 5.74) is 0. The highest BCUT2D eigenvalue weighted by molar-refractivity contribution is 7.89. The molecule has 1 unspecified atom stereocenters. The standard InChI is InChI=1S/C13H18N4O3S/c1-11(13-14-10-15-17(13)2)16-21(18,19)9-8-20-12-6-4-3-5-7-12/h3-7,10-11,16H,8-9H2,1-2H3. The predicted octanol–water partition coefficient (Wildman–Crippen LogP) is 0.874. The summed E-state index contributed by atoms with van der Waals surface area (Å²) in [5, 5.41) is 3.92. The molecule has 0 radical (unpaired) electrons. The maximum Gasteiger partial charge on any atom is 0.215 e. The smallest absolute Gasteiger partial charge is 0.215 e. The van der Waals surface area contributed by atoms with Gasteiger partial charge in [-0.15, -0.1) is 0 Å². The fourth-order valence-corrected chi connectivity index (χ4v) is 2.93. The number of para-hydroxylation sites is 1. The number of benzene rings is 1. The zero-order valence-electron chi connectivity index (χ0n) is 11.9. The van der Waals surface area contributed by atoms with Gasteiger partial charge in [-0.1, -0.05) is 18.2 Å². The SMILES string of the molecule is CC(NS(=O)(=O)CCOc1ccccc1)c1ncnn1C. The van der Waals surface area contributed by atoms with Gasteiger partial charge < -0.3 is 4.74 Å². The van der Waals surface area contributed by atoms with Gasteiger partial charge in [-0.3, -0.25) is 4.68 Å². The van der Waals surface area contributed by atoms with Crippen LogP contribution in [-0.2, 0) is 17.1 Å². The van der Waals surface area contributed by atoms with Gasteiger partial charge >= 0.3 is 0 Å². The van der Waals surface area contributed by atoms with Crippen molar-refractivity contribution < 1.29 is 13.2 Å². The molecular formula is C13H18N4O3S. The zero-order chi connectivity index (χ0) is 15.3. The Kier molecular flexibility index (Phi) is 4.92. The zero-order valence-corrected chi connectivity index (χ0v) is 12.7. The molecule has 2 rings (SSSR count). The van der Waals surface area contributed by atoms with Crippen molar-refractivity contribution in [2.75, 3.05) is 12.4 Å². The van der Waals surface area contributed by atoms with E-state index in [1.807, 2.05) is 18.2 Å². The monoisotopic (exact) mass is 310 g/mol. The first-order chi connectivity index (χ1) is 9.98. The van der Waals surface area contributed by atoms with Crippen molar-refractivity contribution in [1.82, 2.24) is 19.5 Å². The molecule has 114 valence electrons. The second kappa shape index (κ2) is 6.68. The van der Waals surface area contributed by atoms with Crippen LogP contribution in [0.15, 0.2) is 36.7 Å². The van der Waals surface area contributed by atoms with E-state index >= 15 is 0 Å². The Morgan fingerprint density at radius 3 is 2.67 bits per heavy atom. The number of hydrogen-bond donors (Lipinski definition) is 1. The molecule has 0 aliphatic heterocycles. The molecule has 0 saturated heterocycles. The Bertz CT molecular complexity index is 670. The lowest BCUT2D eigenvalue weighted by molar-refractivity contribution is 0.340. The third-order valence-electron chi connectivity index (χ3n) is 2.85. The van der Waals surface area contributed by atoms with E-state index in [0.29, 0.717) is 11.6 Å². The maximum atomic E-state index is 12.0. The maximum absolute atomic E-state index is 12.0. The molecule has 0 aliphatic carbocycles. The summed E-state index contributed by atoms with van der Waals surface area (Å²) in [7, 11) is -1.74. The van der Waals surface area contributed by atoms with Crippen LogP contribution in [-0.4, -0.2) is 35.5 Å². The van der Waals surface area contributed by atoms with Crippen LogP contribution in [0.4, 0.5) is 0 Å². The molecule has 0 spiro atoms. The van der Waals surface area contributed by atoms with Crippen molar-refractivity contribution in [2.45, 2.75) is 13.0 Å². The summed E-state index contributed by atoms with van der Waals surface area (Å²) in [5.74, 6) is 1.08. The first-order valence-electron chi connectivity index (χ1n) is 6.50. The van der Waals surface area contributed by atoms with Crippen LogP contribution in [0.2, 0.25) is 0 Å². The Morgan fingerprint density at radius 1 is 1.33 bits per heavy atom. The predicted molar refractivity (Wildman–Crippen MR) is 78.3 cm³/mol. The van der Waals surface area contributed by atoms with Gasteiger partial charge in [-0.25, -0.2) is 18.1 Å². The Labute approximate surface area is 124 Å². The highest BCUT2D eigenvalue weighted by Gasteiger charge is 2.19. The van der Waals surface area contributed by atoms with Crippen molar-refractivity contribution in [2.24, 2.45) is 7.05 Å². The molecule has 7 nitrogen and oxygen atoms in total. The highest BCUT2D eigenvalue weighted by Crippen LogP contribution is 2.10. The lowest BCUT2D eigenvalue weighted by atomic mass is 10.3.